The first-order chi connectivity index (χ1) is 13.7. The van der Waals surface area contributed by atoms with E-state index < -0.39 is 23.4 Å². The van der Waals surface area contributed by atoms with E-state index in [0.717, 1.165) is 23.9 Å². The zero-order valence-corrected chi connectivity index (χ0v) is 17.9. The van der Waals surface area contributed by atoms with Gasteiger partial charge >= 0.3 is 0 Å². The quantitative estimate of drug-likeness (QED) is 0.553. The Kier molecular flexibility index (Phi) is 8.55. The van der Waals surface area contributed by atoms with Gasteiger partial charge in [-0.2, -0.15) is 0 Å². The standard InChI is InChI=1S/C19H18Cl2F2N2O3S/c1-10(2)28-17-7-16(12(20)6-13(17)21)25-19(27)9-29-8-18(26)24-15-4-3-11(22)5-14(15)23/h3-7,10H,8-9H2,1-2H3,(H,24,26)(H,25,27). The Balaban J connectivity index is 1.86. The van der Waals surface area contributed by atoms with E-state index in [-0.39, 0.29) is 28.3 Å². The van der Waals surface area contributed by atoms with Crippen LogP contribution in [0.5, 0.6) is 5.75 Å². The number of hydrogen-bond donors (Lipinski definition) is 2. The summed E-state index contributed by atoms with van der Waals surface area (Å²) in [5, 5.41) is 5.51. The number of amides is 2. The summed E-state index contributed by atoms with van der Waals surface area (Å²) in [6.07, 6.45) is -0.114. The van der Waals surface area contributed by atoms with E-state index >= 15 is 0 Å². The van der Waals surface area contributed by atoms with Crippen molar-refractivity contribution in [3.63, 3.8) is 0 Å². The second-order valence-electron chi connectivity index (χ2n) is 6.14. The maximum Gasteiger partial charge on any atom is 0.234 e. The lowest BCUT2D eigenvalue weighted by atomic mass is 10.3. The predicted molar refractivity (Wildman–Crippen MR) is 113 cm³/mol. The SMILES string of the molecule is CC(C)Oc1cc(NC(=O)CSCC(=O)Nc2ccc(F)cc2F)c(Cl)cc1Cl. The van der Waals surface area contributed by atoms with Gasteiger partial charge in [0.05, 0.1) is 39.0 Å². The first-order valence-electron chi connectivity index (χ1n) is 8.44. The van der Waals surface area contributed by atoms with Crippen molar-refractivity contribution >= 4 is 58.2 Å². The van der Waals surface area contributed by atoms with E-state index in [9.17, 15) is 18.4 Å². The van der Waals surface area contributed by atoms with Gasteiger partial charge in [0.15, 0.2) is 0 Å². The van der Waals surface area contributed by atoms with Gasteiger partial charge in [0.25, 0.3) is 0 Å². The average molecular weight is 463 g/mol. The van der Waals surface area contributed by atoms with Crippen LogP contribution in [-0.2, 0) is 9.59 Å². The van der Waals surface area contributed by atoms with E-state index in [1.54, 1.807) is 0 Å². The Morgan fingerprint density at radius 3 is 2.21 bits per heavy atom. The van der Waals surface area contributed by atoms with Crippen LogP contribution in [0, 0.1) is 11.6 Å². The highest BCUT2D eigenvalue weighted by Crippen LogP contribution is 2.34. The van der Waals surface area contributed by atoms with Crippen LogP contribution < -0.4 is 15.4 Å². The molecule has 156 valence electrons. The van der Waals surface area contributed by atoms with Gasteiger partial charge in [-0.25, -0.2) is 8.78 Å². The van der Waals surface area contributed by atoms with E-state index in [4.69, 9.17) is 27.9 Å². The van der Waals surface area contributed by atoms with E-state index in [1.165, 1.54) is 12.1 Å². The topological polar surface area (TPSA) is 67.4 Å². The zero-order valence-electron chi connectivity index (χ0n) is 15.5. The van der Waals surface area contributed by atoms with Crippen LogP contribution in [0.1, 0.15) is 13.8 Å². The minimum absolute atomic E-state index is 0.0430. The molecule has 0 aromatic heterocycles. The van der Waals surface area contributed by atoms with Crippen LogP contribution in [-0.4, -0.2) is 29.4 Å². The summed E-state index contributed by atoms with van der Waals surface area (Å²) in [6, 6.07) is 5.82. The van der Waals surface area contributed by atoms with E-state index in [0.29, 0.717) is 22.5 Å². The summed E-state index contributed by atoms with van der Waals surface area (Å²) >= 11 is 13.2. The molecule has 0 aliphatic rings. The van der Waals surface area contributed by atoms with Gasteiger partial charge in [0.1, 0.15) is 17.4 Å². The number of nitrogens with one attached hydrogen (secondary N) is 2. The van der Waals surface area contributed by atoms with Gasteiger partial charge in [-0.05, 0) is 32.0 Å². The Labute approximate surface area is 181 Å². The lowest BCUT2D eigenvalue weighted by molar-refractivity contribution is -0.114. The molecule has 0 aliphatic heterocycles. The van der Waals surface area contributed by atoms with E-state index in [1.807, 2.05) is 13.8 Å². The summed E-state index contributed by atoms with van der Waals surface area (Å²) in [5.41, 5.74) is 0.197. The molecule has 0 unspecified atom stereocenters. The molecular weight excluding hydrogens is 445 g/mol. The maximum absolute atomic E-state index is 13.5. The smallest absolute Gasteiger partial charge is 0.234 e. The molecular formula is C19H18Cl2F2N2O3S. The first-order valence-corrected chi connectivity index (χ1v) is 10.3. The minimum atomic E-state index is -0.877. The molecule has 0 radical (unpaired) electrons. The lowest BCUT2D eigenvalue weighted by Crippen LogP contribution is -2.19. The number of halogens is 4. The summed E-state index contributed by atoms with van der Waals surface area (Å²) in [6.45, 7) is 3.67. The van der Waals surface area contributed by atoms with Crippen molar-refractivity contribution in [2.24, 2.45) is 0 Å². The molecule has 2 aromatic carbocycles. The molecule has 2 rings (SSSR count). The van der Waals surface area contributed by atoms with Crippen LogP contribution in [0.3, 0.4) is 0 Å². The van der Waals surface area contributed by atoms with Gasteiger partial charge in [0.2, 0.25) is 11.8 Å². The number of thioether (sulfide) groups is 1. The summed E-state index contributed by atoms with van der Waals surface area (Å²) < 4.78 is 31.9. The van der Waals surface area contributed by atoms with Crippen LogP contribution in [0.4, 0.5) is 20.2 Å². The molecule has 29 heavy (non-hydrogen) atoms. The third-order valence-electron chi connectivity index (χ3n) is 3.33. The Hall–Kier alpha value is -2.03. The molecule has 0 bridgehead atoms. The zero-order chi connectivity index (χ0) is 21.6. The summed E-state index contributed by atoms with van der Waals surface area (Å²) in [5.74, 6) is -2.29. The maximum atomic E-state index is 13.5. The van der Waals surface area contributed by atoms with Crippen molar-refractivity contribution in [2.45, 2.75) is 20.0 Å². The monoisotopic (exact) mass is 462 g/mol. The molecule has 0 saturated carbocycles. The summed E-state index contributed by atoms with van der Waals surface area (Å²) in [4.78, 5) is 24.0. The number of benzene rings is 2. The van der Waals surface area contributed by atoms with E-state index in [2.05, 4.69) is 10.6 Å². The predicted octanol–water partition coefficient (Wildman–Crippen LogP) is 5.37. The van der Waals surface area contributed by atoms with Crippen LogP contribution in [0.2, 0.25) is 10.0 Å². The van der Waals surface area contributed by atoms with Crippen LogP contribution in [0.15, 0.2) is 30.3 Å². The Bertz CT molecular complexity index is 913. The van der Waals surface area contributed by atoms with Crippen molar-refractivity contribution in [3.05, 3.63) is 52.0 Å². The number of anilines is 2. The normalized spacial score (nSPS) is 10.7. The number of carbonyl (C=O) groups excluding carboxylic acids is 2. The lowest BCUT2D eigenvalue weighted by Gasteiger charge is -2.14. The molecule has 0 aliphatic carbocycles. The molecule has 5 nitrogen and oxygen atoms in total. The number of rotatable bonds is 8. The number of carbonyl (C=O) groups is 2. The van der Waals surface area contributed by atoms with Crippen LogP contribution in [0.25, 0.3) is 0 Å². The Morgan fingerprint density at radius 1 is 1.00 bits per heavy atom. The number of ether oxygens (including phenoxy) is 1. The van der Waals surface area contributed by atoms with Gasteiger partial charge in [-0.1, -0.05) is 23.2 Å². The summed E-state index contributed by atoms with van der Waals surface area (Å²) in [7, 11) is 0. The molecule has 0 fully saturated rings. The van der Waals surface area contributed by atoms with Crippen molar-refractivity contribution in [1.82, 2.24) is 0 Å². The van der Waals surface area contributed by atoms with Gasteiger partial charge in [-0.15, -0.1) is 11.8 Å². The molecule has 2 amide bonds. The molecule has 10 heteroatoms. The molecule has 2 aromatic rings. The van der Waals surface area contributed by atoms with Gasteiger partial charge < -0.3 is 15.4 Å². The molecule has 2 N–H and O–H groups in total. The highest BCUT2D eigenvalue weighted by atomic mass is 35.5. The fourth-order valence-electron chi connectivity index (χ4n) is 2.17. The third-order valence-corrected chi connectivity index (χ3v) is 4.87. The molecule has 0 atom stereocenters. The highest BCUT2D eigenvalue weighted by molar-refractivity contribution is 8.00. The first kappa shape index (κ1) is 23.3. The second-order valence-corrected chi connectivity index (χ2v) is 7.94. The van der Waals surface area contributed by atoms with Crippen molar-refractivity contribution in [1.29, 1.82) is 0 Å². The minimum Gasteiger partial charge on any atom is -0.489 e. The van der Waals surface area contributed by atoms with Gasteiger partial charge in [-0.3, -0.25) is 9.59 Å². The van der Waals surface area contributed by atoms with Crippen molar-refractivity contribution < 1.29 is 23.1 Å². The Morgan fingerprint density at radius 2 is 1.62 bits per heavy atom. The third kappa shape index (κ3) is 7.38. The fourth-order valence-corrected chi connectivity index (χ4v) is 3.26. The number of hydrogen-bond acceptors (Lipinski definition) is 4. The molecule has 0 spiro atoms. The van der Waals surface area contributed by atoms with Crippen molar-refractivity contribution in [3.8, 4) is 5.75 Å². The molecule has 0 saturated heterocycles. The van der Waals surface area contributed by atoms with Crippen molar-refractivity contribution in [2.75, 3.05) is 22.1 Å². The average Bonchev–Trinajstić information content (AvgIpc) is 2.61. The van der Waals surface area contributed by atoms with Gasteiger partial charge in [0, 0.05) is 12.1 Å². The highest BCUT2D eigenvalue weighted by Gasteiger charge is 2.13. The fraction of sp³-hybridized carbons (Fsp3) is 0.263. The molecule has 0 heterocycles. The van der Waals surface area contributed by atoms with Crippen LogP contribution >= 0.6 is 35.0 Å². The second kappa shape index (κ2) is 10.7. The largest absolute Gasteiger partial charge is 0.489 e.